The van der Waals surface area contributed by atoms with Crippen LogP contribution in [0.1, 0.15) is 11.3 Å². The highest BCUT2D eigenvalue weighted by atomic mass is 32.2. The quantitative estimate of drug-likeness (QED) is 0.623. The summed E-state index contributed by atoms with van der Waals surface area (Å²) in [5.41, 5.74) is 1.32. The Morgan fingerprint density at radius 1 is 1.58 bits per heavy atom. The number of nitrogens with zero attached hydrogens (tertiary/aromatic N) is 2. The molecule has 1 amide bonds. The Balaban J connectivity index is 2.00. The number of thiazole rings is 1. The summed E-state index contributed by atoms with van der Waals surface area (Å²) >= 11 is 2.70. The summed E-state index contributed by atoms with van der Waals surface area (Å²) in [5.74, 6) is -0.372. The Morgan fingerprint density at radius 3 is 3.04 bits per heavy atom. The molecule has 0 atom stereocenters. The van der Waals surface area contributed by atoms with Gasteiger partial charge in [-0.1, -0.05) is 29.2 Å². The molecular weight excluding hydrogens is 349 g/mol. The molecule has 1 heterocycles. The molecule has 0 saturated heterocycles. The van der Waals surface area contributed by atoms with Gasteiger partial charge in [0, 0.05) is 6.08 Å². The number of nitriles is 1. The van der Waals surface area contributed by atoms with E-state index in [-0.39, 0.29) is 11.7 Å². The number of halogens is 1. The zero-order valence-corrected chi connectivity index (χ0v) is 14.6. The van der Waals surface area contributed by atoms with Crippen molar-refractivity contribution in [1.82, 2.24) is 4.98 Å². The van der Waals surface area contributed by atoms with Crippen molar-refractivity contribution < 1.29 is 13.9 Å². The lowest BCUT2D eigenvalue weighted by Gasteiger charge is -2.01. The lowest BCUT2D eigenvalue weighted by atomic mass is 10.2. The van der Waals surface area contributed by atoms with E-state index in [1.807, 2.05) is 13.0 Å². The number of amides is 1. The molecule has 8 heteroatoms. The van der Waals surface area contributed by atoms with Crippen molar-refractivity contribution in [3.63, 3.8) is 0 Å². The minimum absolute atomic E-state index is 0.150. The molecule has 1 N–H and O–H groups in total. The summed E-state index contributed by atoms with van der Waals surface area (Å²) in [6.07, 6.45) is 2.81. The van der Waals surface area contributed by atoms with Gasteiger partial charge in [0.15, 0.2) is 16.7 Å². The molecule has 1 aromatic carbocycles. The third-order valence-electron chi connectivity index (χ3n) is 2.85. The second-order valence-corrected chi connectivity index (χ2v) is 6.80. The third-order valence-corrected chi connectivity index (χ3v) is 5.16. The van der Waals surface area contributed by atoms with Crippen LogP contribution in [0.15, 0.2) is 28.5 Å². The first-order chi connectivity index (χ1) is 11.5. The molecule has 0 bridgehead atoms. The number of hydrogen-bond acceptors (Lipinski definition) is 6. The summed E-state index contributed by atoms with van der Waals surface area (Å²) in [6.45, 7) is 1.82. The molecule has 0 aliphatic carbocycles. The van der Waals surface area contributed by atoms with Crippen LogP contribution in [0.4, 0.5) is 9.52 Å². The molecule has 0 fully saturated rings. The summed E-state index contributed by atoms with van der Waals surface area (Å²) in [5, 5.41) is 11.7. The van der Waals surface area contributed by atoms with E-state index in [2.05, 4.69) is 10.3 Å². The first kappa shape index (κ1) is 18.0. The third kappa shape index (κ3) is 4.81. The molecule has 0 aliphatic heterocycles. The first-order valence-corrected chi connectivity index (χ1v) is 8.63. The van der Waals surface area contributed by atoms with Crippen molar-refractivity contribution in [1.29, 1.82) is 5.26 Å². The summed E-state index contributed by atoms with van der Waals surface area (Å²) in [6, 6.07) is 6.48. The Hall–Kier alpha value is -2.37. The Morgan fingerprint density at radius 2 is 2.38 bits per heavy atom. The number of aromatic nitrogens is 1. The van der Waals surface area contributed by atoms with Gasteiger partial charge in [0.2, 0.25) is 5.91 Å². The fraction of sp³-hybridized carbons (Fsp3) is 0.188. The molecular formula is C16H14FN3O2S2. The zero-order chi connectivity index (χ0) is 17.5. The Kier molecular flexibility index (Phi) is 6.35. The van der Waals surface area contributed by atoms with Crippen LogP contribution in [0.3, 0.4) is 0 Å². The van der Waals surface area contributed by atoms with E-state index < -0.39 is 5.82 Å². The van der Waals surface area contributed by atoms with Crippen molar-refractivity contribution in [3.05, 3.63) is 41.3 Å². The molecule has 2 rings (SSSR count). The number of ether oxygens (including phenoxy) is 1. The van der Waals surface area contributed by atoms with Crippen LogP contribution in [0.25, 0.3) is 6.08 Å². The van der Waals surface area contributed by atoms with E-state index >= 15 is 0 Å². The van der Waals surface area contributed by atoms with Gasteiger partial charge in [-0.3, -0.25) is 10.1 Å². The van der Waals surface area contributed by atoms with Gasteiger partial charge in [0.25, 0.3) is 0 Å². The summed E-state index contributed by atoms with van der Waals surface area (Å²) < 4.78 is 19.3. The highest BCUT2D eigenvalue weighted by molar-refractivity contribution is 8.01. The average Bonchev–Trinajstić information content (AvgIpc) is 2.90. The lowest BCUT2D eigenvalue weighted by molar-refractivity contribution is -0.111. The van der Waals surface area contributed by atoms with Crippen LogP contribution in [0, 0.1) is 24.1 Å². The van der Waals surface area contributed by atoms with Crippen molar-refractivity contribution in [2.45, 2.75) is 11.1 Å². The second-order valence-electron chi connectivity index (χ2n) is 4.56. The normalized spacial score (nSPS) is 10.6. The van der Waals surface area contributed by atoms with E-state index in [0.29, 0.717) is 16.4 Å². The van der Waals surface area contributed by atoms with E-state index in [4.69, 9.17) is 10.00 Å². The van der Waals surface area contributed by atoms with E-state index in [1.165, 1.54) is 54.5 Å². The maximum Gasteiger partial charge on any atom is 0.250 e. The van der Waals surface area contributed by atoms with Crippen molar-refractivity contribution >= 4 is 40.2 Å². The molecule has 0 unspecified atom stereocenters. The predicted molar refractivity (Wildman–Crippen MR) is 93.8 cm³/mol. The van der Waals surface area contributed by atoms with E-state index in [0.717, 1.165) is 9.90 Å². The number of aryl methyl sites for hydroxylation is 1. The molecule has 1 aromatic heterocycles. The maximum atomic E-state index is 13.6. The molecule has 124 valence electrons. The van der Waals surface area contributed by atoms with Crippen molar-refractivity contribution in [2.24, 2.45) is 0 Å². The monoisotopic (exact) mass is 363 g/mol. The van der Waals surface area contributed by atoms with Gasteiger partial charge in [-0.25, -0.2) is 9.37 Å². The van der Waals surface area contributed by atoms with Gasteiger partial charge < -0.3 is 4.74 Å². The number of anilines is 1. The number of carbonyl (C=O) groups is 1. The Labute approximate surface area is 147 Å². The van der Waals surface area contributed by atoms with E-state index in [1.54, 1.807) is 6.07 Å². The maximum absolute atomic E-state index is 13.6. The van der Waals surface area contributed by atoms with Crippen LogP contribution in [-0.4, -0.2) is 23.8 Å². The summed E-state index contributed by atoms with van der Waals surface area (Å²) in [7, 11) is 1.39. The Bertz CT molecular complexity index is 812. The highest BCUT2D eigenvalue weighted by Crippen LogP contribution is 2.31. The smallest absolute Gasteiger partial charge is 0.250 e. The molecule has 0 spiro atoms. The minimum atomic E-state index is -0.491. The van der Waals surface area contributed by atoms with Gasteiger partial charge in [-0.05, 0) is 30.7 Å². The fourth-order valence-electron chi connectivity index (χ4n) is 1.77. The number of hydrogen-bond donors (Lipinski definition) is 1. The van der Waals surface area contributed by atoms with Gasteiger partial charge in [0.05, 0.1) is 28.8 Å². The largest absolute Gasteiger partial charge is 0.494 e. The van der Waals surface area contributed by atoms with Gasteiger partial charge in [0.1, 0.15) is 0 Å². The topological polar surface area (TPSA) is 75.0 Å². The summed E-state index contributed by atoms with van der Waals surface area (Å²) in [4.78, 5) is 16.2. The number of carbonyl (C=O) groups excluding carboxylic acids is 1. The van der Waals surface area contributed by atoms with Crippen LogP contribution >= 0.6 is 23.1 Å². The second kappa shape index (κ2) is 8.47. The molecule has 0 radical (unpaired) electrons. The molecule has 24 heavy (non-hydrogen) atoms. The number of nitrogens with one attached hydrogen (secondary N) is 1. The predicted octanol–water partition coefficient (Wildman–Crippen LogP) is 3.87. The fourth-order valence-corrected chi connectivity index (χ4v) is 3.58. The number of thioether (sulfide) groups is 1. The van der Waals surface area contributed by atoms with Gasteiger partial charge in [-0.15, -0.1) is 0 Å². The molecule has 0 aliphatic rings. The standard InChI is InChI=1S/C16H14FN3O2S2/c1-10-15(23-8-7-18)24-16(19-10)20-14(21)6-4-11-3-5-13(22-2)12(17)9-11/h3-6,9H,8H2,1-2H3,(H,19,20,21). The van der Waals surface area contributed by atoms with Crippen LogP contribution < -0.4 is 10.1 Å². The van der Waals surface area contributed by atoms with Gasteiger partial charge in [-0.2, -0.15) is 5.26 Å². The van der Waals surface area contributed by atoms with Crippen LogP contribution in [0.5, 0.6) is 5.75 Å². The van der Waals surface area contributed by atoms with Crippen molar-refractivity contribution in [2.75, 3.05) is 18.2 Å². The lowest BCUT2D eigenvalue weighted by Crippen LogP contribution is -2.07. The molecule has 2 aromatic rings. The zero-order valence-electron chi connectivity index (χ0n) is 13.0. The SMILES string of the molecule is COc1ccc(C=CC(=O)Nc2nc(C)c(SCC#N)s2)cc1F. The van der Waals surface area contributed by atoms with Gasteiger partial charge >= 0.3 is 0 Å². The molecule has 5 nitrogen and oxygen atoms in total. The van der Waals surface area contributed by atoms with Crippen molar-refractivity contribution in [3.8, 4) is 11.8 Å². The number of methoxy groups -OCH3 is 1. The minimum Gasteiger partial charge on any atom is -0.494 e. The average molecular weight is 363 g/mol. The van der Waals surface area contributed by atoms with Crippen LogP contribution in [-0.2, 0) is 4.79 Å². The van der Waals surface area contributed by atoms with E-state index in [9.17, 15) is 9.18 Å². The van der Waals surface area contributed by atoms with Crippen LogP contribution in [0.2, 0.25) is 0 Å². The first-order valence-electron chi connectivity index (χ1n) is 6.83. The number of benzene rings is 1. The number of rotatable bonds is 6. The highest BCUT2D eigenvalue weighted by Gasteiger charge is 2.09. The molecule has 0 saturated carbocycles.